The topological polar surface area (TPSA) is 41.1 Å². The van der Waals surface area contributed by atoms with Gasteiger partial charge < -0.3 is 10.2 Å². The molecular weight excluding hydrogens is 260 g/mol. The van der Waals surface area contributed by atoms with Gasteiger partial charge in [-0.1, -0.05) is 41.5 Å². The Bertz CT molecular complexity index is 400. The van der Waals surface area contributed by atoms with Gasteiger partial charge in [-0.25, -0.2) is 4.98 Å². The van der Waals surface area contributed by atoms with E-state index in [0.717, 1.165) is 37.4 Å². The van der Waals surface area contributed by atoms with E-state index in [2.05, 4.69) is 56.7 Å². The predicted octanol–water partition coefficient (Wildman–Crippen LogP) is 3.63. The highest BCUT2D eigenvalue weighted by molar-refractivity contribution is 5.38. The lowest BCUT2D eigenvalue weighted by Gasteiger charge is -2.33. The average molecular weight is 292 g/mol. The van der Waals surface area contributed by atoms with Gasteiger partial charge >= 0.3 is 0 Å². The third-order valence-electron chi connectivity index (χ3n) is 3.60. The standard InChI is InChI=1S/C17H32N4/c1-7-16(8-2)21(12-13(3)4)17-11-18-9-15(20-17)10-19-14(5)6/h9,11,13-14,16,19H,7-8,10,12H2,1-6H3. The molecule has 1 rings (SSSR count). The first-order valence-corrected chi connectivity index (χ1v) is 8.28. The third-order valence-corrected chi connectivity index (χ3v) is 3.60. The summed E-state index contributed by atoms with van der Waals surface area (Å²) in [6.07, 6.45) is 6.04. The molecule has 4 nitrogen and oxygen atoms in total. The third kappa shape index (κ3) is 6.00. The van der Waals surface area contributed by atoms with Gasteiger partial charge in [0.1, 0.15) is 5.82 Å². The van der Waals surface area contributed by atoms with Gasteiger partial charge in [-0.3, -0.25) is 4.98 Å². The van der Waals surface area contributed by atoms with Crippen LogP contribution in [0.1, 0.15) is 60.1 Å². The summed E-state index contributed by atoms with van der Waals surface area (Å²) in [6, 6.07) is 0.997. The minimum absolute atomic E-state index is 0.459. The number of anilines is 1. The molecule has 0 amide bonds. The van der Waals surface area contributed by atoms with E-state index in [1.165, 1.54) is 0 Å². The highest BCUT2D eigenvalue weighted by Gasteiger charge is 2.18. The van der Waals surface area contributed by atoms with Crippen LogP contribution in [0.5, 0.6) is 0 Å². The number of nitrogens with zero attached hydrogens (tertiary/aromatic N) is 3. The fraction of sp³-hybridized carbons (Fsp3) is 0.765. The molecule has 1 heterocycles. The van der Waals surface area contributed by atoms with Crippen LogP contribution in [0.25, 0.3) is 0 Å². The summed E-state index contributed by atoms with van der Waals surface area (Å²) in [7, 11) is 0. The van der Waals surface area contributed by atoms with E-state index >= 15 is 0 Å². The minimum atomic E-state index is 0.459. The molecular formula is C17H32N4. The second kappa shape index (κ2) is 8.98. The van der Waals surface area contributed by atoms with Crippen molar-refractivity contribution < 1.29 is 0 Å². The van der Waals surface area contributed by atoms with E-state index in [1.807, 2.05) is 12.4 Å². The first kappa shape index (κ1) is 17.9. The van der Waals surface area contributed by atoms with Crippen LogP contribution in [-0.2, 0) is 6.54 Å². The lowest BCUT2D eigenvalue weighted by atomic mass is 10.1. The summed E-state index contributed by atoms with van der Waals surface area (Å²) in [4.78, 5) is 11.6. The second-order valence-electron chi connectivity index (χ2n) is 6.42. The smallest absolute Gasteiger partial charge is 0.147 e. The maximum Gasteiger partial charge on any atom is 0.147 e. The summed E-state index contributed by atoms with van der Waals surface area (Å²) in [5, 5.41) is 3.40. The molecule has 4 heteroatoms. The van der Waals surface area contributed by atoms with E-state index in [4.69, 9.17) is 4.98 Å². The maximum atomic E-state index is 4.82. The quantitative estimate of drug-likeness (QED) is 0.754. The van der Waals surface area contributed by atoms with Gasteiger partial charge in [0.05, 0.1) is 11.9 Å². The summed E-state index contributed by atoms with van der Waals surface area (Å²) in [5.41, 5.74) is 1.01. The van der Waals surface area contributed by atoms with Gasteiger partial charge in [-0.2, -0.15) is 0 Å². The van der Waals surface area contributed by atoms with Crippen molar-refractivity contribution in [1.82, 2.24) is 15.3 Å². The number of hydrogen-bond donors (Lipinski definition) is 1. The molecule has 0 aliphatic carbocycles. The fourth-order valence-electron chi connectivity index (χ4n) is 2.48. The second-order valence-corrected chi connectivity index (χ2v) is 6.42. The molecule has 0 bridgehead atoms. The van der Waals surface area contributed by atoms with Crippen molar-refractivity contribution in [3.05, 3.63) is 18.1 Å². The normalized spacial score (nSPS) is 11.7. The number of rotatable bonds is 9. The van der Waals surface area contributed by atoms with Crippen molar-refractivity contribution >= 4 is 5.82 Å². The Morgan fingerprint density at radius 2 is 1.76 bits per heavy atom. The Hall–Kier alpha value is -1.16. The van der Waals surface area contributed by atoms with Crippen LogP contribution in [-0.4, -0.2) is 28.6 Å². The summed E-state index contributed by atoms with van der Waals surface area (Å²) < 4.78 is 0. The maximum absolute atomic E-state index is 4.82. The Balaban J connectivity index is 2.93. The molecule has 0 aliphatic heterocycles. The summed E-state index contributed by atoms with van der Waals surface area (Å²) in [5.74, 6) is 1.63. The van der Waals surface area contributed by atoms with E-state index in [9.17, 15) is 0 Å². The number of aromatic nitrogens is 2. The summed E-state index contributed by atoms with van der Waals surface area (Å²) in [6.45, 7) is 15.1. The molecule has 1 aromatic rings. The molecule has 120 valence electrons. The van der Waals surface area contributed by atoms with Gasteiger partial charge in [0.2, 0.25) is 0 Å². The Labute approximate surface area is 130 Å². The van der Waals surface area contributed by atoms with Crippen LogP contribution in [0.4, 0.5) is 5.82 Å². The Morgan fingerprint density at radius 3 is 2.29 bits per heavy atom. The van der Waals surface area contributed by atoms with Gasteiger partial charge in [0.15, 0.2) is 0 Å². The van der Waals surface area contributed by atoms with Gasteiger partial charge in [-0.05, 0) is 18.8 Å². The van der Waals surface area contributed by atoms with Gasteiger partial charge in [0, 0.05) is 31.4 Å². The highest BCUT2D eigenvalue weighted by atomic mass is 15.2. The minimum Gasteiger partial charge on any atom is -0.352 e. The Morgan fingerprint density at radius 1 is 1.10 bits per heavy atom. The molecule has 0 radical (unpaired) electrons. The monoisotopic (exact) mass is 292 g/mol. The highest BCUT2D eigenvalue weighted by Crippen LogP contribution is 2.19. The lowest BCUT2D eigenvalue weighted by molar-refractivity contribution is 0.501. The number of hydrogen-bond acceptors (Lipinski definition) is 4. The molecule has 0 saturated carbocycles. The van der Waals surface area contributed by atoms with Crippen molar-refractivity contribution in [3.8, 4) is 0 Å². The van der Waals surface area contributed by atoms with Crippen LogP contribution >= 0.6 is 0 Å². The average Bonchev–Trinajstić information content (AvgIpc) is 2.45. The zero-order chi connectivity index (χ0) is 15.8. The van der Waals surface area contributed by atoms with Gasteiger partial charge in [-0.15, -0.1) is 0 Å². The van der Waals surface area contributed by atoms with Gasteiger partial charge in [0.25, 0.3) is 0 Å². The molecule has 0 fully saturated rings. The van der Waals surface area contributed by atoms with Crippen LogP contribution in [0, 0.1) is 5.92 Å². The molecule has 21 heavy (non-hydrogen) atoms. The summed E-state index contributed by atoms with van der Waals surface area (Å²) >= 11 is 0. The van der Waals surface area contributed by atoms with Crippen LogP contribution in [0.3, 0.4) is 0 Å². The first-order valence-electron chi connectivity index (χ1n) is 8.28. The van der Waals surface area contributed by atoms with Crippen molar-refractivity contribution in [1.29, 1.82) is 0 Å². The zero-order valence-corrected chi connectivity index (χ0v) is 14.6. The molecule has 0 aromatic carbocycles. The SMILES string of the molecule is CCC(CC)N(CC(C)C)c1cncc(CNC(C)C)n1. The molecule has 1 aromatic heterocycles. The molecule has 0 aliphatic rings. The van der Waals surface area contributed by atoms with Crippen molar-refractivity contribution in [2.75, 3.05) is 11.4 Å². The van der Waals surface area contributed by atoms with Crippen LogP contribution < -0.4 is 10.2 Å². The van der Waals surface area contributed by atoms with Crippen molar-refractivity contribution in [2.45, 2.75) is 73.0 Å². The zero-order valence-electron chi connectivity index (χ0n) is 14.6. The van der Waals surface area contributed by atoms with Crippen LogP contribution in [0.15, 0.2) is 12.4 Å². The fourth-order valence-corrected chi connectivity index (χ4v) is 2.48. The van der Waals surface area contributed by atoms with E-state index in [1.54, 1.807) is 0 Å². The van der Waals surface area contributed by atoms with E-state index < -0.39 is 0 Å². The predicted molar refractivity (Wildman–Crippen MR) is 90.6 cm³/mol. The molecule has 0 atom stereocenters. The number of nitrogens with one attached hydrogen (secondary N) is 1. The van der Waals surface area contributed by atoms with Crippen LogP contribution in [0.2, 0.25) is 0 Å². The lowest BCUT2D eigenvalue weighted by Crippen LogP contribution is -2.38. The first-order chi connectivity index (χ1) is 9.97. The molecule has 0 unspecified atom stereocenters. The molecule has 0 spiro atoms. The van der Waals surface area contributed by atoms with Crippen molar-refractivity contribution in [3.63, 3.8) is 0 Å². The van der Waals surface area contributed by atoms with E-state index in [-0.39, 0.29) is 0 Å². The van der Waals surface area contributed by atoms with E-state index in [0.29, 0.717) is 18.0 Å². The Kier molecular flexibility index (Phi) is 7.65. The van der Waals surface area contributed by atoms with Crippen molar-refractivity contribution in [2.24, 2.45) is 5.92 Å². The molecule has 1 N–H and O–H groups in total. The largest absolute Gasteiger partial charge is 0.352 e. The molecule has 0 saturated heterocycles.